The molecule has 3 rings (SSSR count). The molecular weight excluding hydrogens is 410 g/mol. The minimum absolute atomic E-state index is 0.0200. The van der Waals surface area contributed by atoms with Crippen LogP contribution in [0.15, 0.2) is 30.3 Å². The Morgan fingerprint density at radius 2 is 1.76 bits per heavy atom. The van der Waals surface area contributed by atoms with Crippen molar-refractivity contribution in [1.29, 1.82) is 0 Å². The summed E-state index contributed by atoms with van der Waals surface area (Å²) in [6.45, 7) is 12.9. The molecule has 1 aliphatic heterocycles. The molecular formula is C20H27N3O4S2. The standard InChI is InChI=1S/C20H25N3S.H2O4S/c1-6-23(7-2)13-8-9-16-18(10-13)24-19-12-15(21)14(20(3,4)5)11-17(19)22-16;1-5(2,3)4/h8-12,21H,6-7H2,1-5H3;(H2,1,2,3,4). The van der Waals surface area contributed by atoms with Gasteiger partial charge in [0.15, 0.2) is 0 Å². The van der Waals surface area contributed by atoms with E-state index in [9.17, 15) is 0 Å². The molecule has 0 saturated heterocycles. The minimum Gasteiger partial charge on any atom is -0.726 e. The van der Waals surface area contributed by atoms with Crippen molar-refractivity contribution in [3.8, 4) is 10.6 Å². The number of benzene rings is 2. The highest BCUT2D eigenvalue weighted by Gasteiger charge is 2.19. The summed E-state index contributed by atoms with van der Waals surface area (Å²) >= 11 is 1.77. The lowest BCUT2D eigenvalue weighted by Crippen LogP contribution is -2.29. The summed E-state index contributed by atoms with van der Waals surface area (Å²) in [5, 5.41) is 1.25. The number of nitrogens with zero attached hydrogens (tertiary/aromatic N) is 2. The normalized spacial score (nSPS) is 12.0. The molecule has 0 bridgehead atoms. The molecule has 0 unspecified atom stereocenters. The quantitative estimate of drug-likeness (QED) is 0.209. The summed E-state index contributed by atoms with van der Waals surface area (Å²) in [5.41, 5.74) is 10.4. The largest absolute Gasteiger partial charge is 0.726 e. The second-order valence-electron chi connectivity index (χ2n) is 7.62. The van der Waals surface area contributed by atoms with Crippen LogP contribution in [0.25, 0.3) is 20.8 Å². The van der Waals surface area contributed by atoms with Crippen LogP contribution in [-0.4, -0.2) is 35.6 Å². The number of hydrogen-bond donors (Lipinski definition) is 2. The monoisotopic (exact) mass is 437 g/mol. The Morgan fingerprint density at radius 3 is 2.28 bits per heavy atom. The van der Waals surface area contributed by atoms with Crippen molar-refractivity contribution in [3.63, 3.8) is 0 Å². The molecule has 0 spiro atoms. The fraction of sp³-hybridized carbons (Fsp3) is 0.400. The Labute approximate surface area is 175 Å². The summed E-state index contributed by atoms with van der Waals surface area (Å²) in [5.74, 6) is 0. The van der Waals surface area contributed by atoms with Gasteiger partial charge in [-0.25, -0.2) is 18.0 Å². The van der Waals surface area contributed by atoms with Gasteiger partial charge in [-0.05, 0) is 43.0 Å². The SMILES string of the molecule is CC[N+](CC)=c1ccc2nc3cc(C(C)(C)C)c(N)cc3sc-2c1.O=S(=O)([O-])O. The van der Waals surface area contributed by atoms with Crippen LogP contribution in [0.4, 0.5) is 5.69 Å². The van der Waals surface area contributed by atoms with Gasteiger partial charge in [0.05, 0.1) is 20.8 Å². The number of hydrogen-bond acceptors (Lipinski definition) is 6. The molecule has 0 amide bonds. The van der Waals surface area contributed by atoms with Crippen LogP contribution in [0.2, 0.25) is 0 Å². The molecule has 9 heteroatoms. The van der Waals surface area contributed by atoms with E-state index in [1.807, 2.05) is 0 Å². The molecule has 2 aliphatic rings. The van der Waals surface area contributed by atoms with Gasteiger partial charge in [0.1, 0.15) is 13.1 Å². The zero-order valence-corrected chi connectivity index (χ0v) is 18.9. The summed E-state index contributed by atoms with van der Waals surface area (Å²) in [4.78, 5) is 6.08. The summed E-state index contributed by atoms with van der Waals surface area (Å²) in [7, 11) is -4.92. The third-order valence-electron chi connectivity index (χ3n) is 4.47. The highest BCUT2D eigenvalue weighted by Crippen LogP contribution is 2.35. The minimum atomic E-state index is -4.92. The number of rotatable bonds is 2. The molecule has 1 aliphatic carbocycles. The zero-order chi connectivity index (χ0) is 22.0. The predicted molar refractivity (Wildman–Crippen MR) is 118 cm³/mol. The van der Waals surface area contributed by atoms with Crippen molar-refractivity contribution in [2.75, 3.05) is 18.8 Å². The highest BCUT2D eigenvalue weighted by atomic mass is 32.3. The lowest BCUT2D eigenvalue weighted by Gasteiger charge is -2.21. The van der Waals surface area contributed by atoms with Crippen LogP contribution in [0.3, 0.4) is 0 Å². The van der Waals surface area contributed by atoms with E-state index in [1.165, 1.54) is 10.2 Å². The molecule has 29 heavy (non-hydrogen) atoms. The van der Waals surface area contributed by atoms with Gasteiger partial charge in [0, 0.05) is 17.8 Å². The van der Waals surface area contributed by atoms with Crippen LogP contribution in [0.5, 0.6) is 0 Å². The topological polar surface area (TPSA) is 119 Å². The van der Waals surface area contributed by atoms with Gasteiger partial charge in [0.2, 0.25) is 15.8 Å². The van der Waals surface area contributed by atoms with Crippen molar-refractivity contribution < 1.29 is 17.5 Å². The first-order valence-electron chi connectivity index (χ1n) is 9.24. The van der Waals surface area contributed by atoms with Gasteiger partial charge in [-0.3, -0.25) is 4.55 Å². The molecule has 3 N–H and O–H groups in total. The fourth-order valence-corrected chi connectivity index (χ4v) is 4.14. The summed E-state index contributed by atoms with van der Waals surface area (Å²) in [6, 6.07) is 10.8. The maximum Gasteiger partial charge on any atom is 0.215 e. The molecule has 0 radical (unpaired) electrons. The zero-order valence-electron chi connectivity index (χ0n) is 17.3. The Morgan fingerprint density at radius 1 is 1.17 bits per heavy atom. The Hall–Kier alpha value is -2.07. The number of nitrogen functional groups attached to an aromatic ring is 1. The van der Waals surface area contributed by atoms with E-state index in [2.05, 4.69) is 69.5 Å². The van der Waals surface area contributed by atoms with Crippen LogP contribution in [0.1, 0.15) is 40.2 Å². The fourth-order valence-electron chi connectivity index (χ4n) is 3.11. The van der Waals surface area contributed by atoms with E-state index in [0.29, 0.717) is 0 Å². The first-order valence-corrected chi connectivity index (χ1v) is 11.4. The molecule has 1 aromatic carbocycles. The number of anilines is 1. The van der Waals surface area contributed by atoms with E-state index in [0.717, 1.165) is 40.3 Å². The smallest absolute Gasteiger partial charge is 0.215 e. The van der Waals surface area contributed by atoms with Crippen LogP contribution >= 0.6 is 11.3 Å². The first kappa shape index (κ1) is 23.2. The van der Waals surface area contributed by atoms with E-state index in [1.54, 1.807) is 11.3 Å². The number of fused-ring (bicyclic) bond motifs is 2. The maximum atomic E-state index is 8.63. The van der Waals surface area contributed by atoms with E-state index >= 15 is 0 Å². The van der Waals surface area contributed by atoms with E-state index < -0.39 is 10.4 Å². The third-order valence-corrected chi connectivity index (χ3v) is 5.57. The molecule has 1 heterocycles. The van der Waals surface area contributed by atoms with Crippen molar-refractivity contribution >= 4 is 37.6 Å². The van der Waals surface area contributed by atoms with E-state index in [4.69, 9.17) is 28.2 Å². The molecule has 7 nitrogen and oxygen atoms in total. The Balaban J connectivity index is 0.000000537. The average molecular weight is 438 g/mol. The second kappa shape index (κ2) is 8.74. The molecule has 0 atom stereocenters. The van der Waals surface area contributed by atoms with Crippen LogP contribution in [-0.2, 0) is 15.8 Å². The molecule has 0 saturated carbocycles. The van der Waals surface area contributed by atoms with Gasteiger partial charge >= 0.3 is 0 Å². The first-order chi connectivity index (χ1) is 13.3. The Bertz CT molecular complexity index is 1150. The van der Waals surface area contributed by atoms with Crippen LogP contribution < -0.4 is 15.7 Å². The van der Waals surface area contributed by atoms with Crippen molar-refractivity contribution in [2.45, 2.75) is 40.0 Å². The molecule has 1 aromatic rings. The van der Waals surface area contributed by atoms with Gasteiger partial charge in [0.25, 0.3) is 0 Å². The third kappa shape index (κ3) is 6.20. The lowest BCUT2D eigenvalue weighted by molar-refractivity contribution is 0.366. The summed E-state index contributed by atoms with van der Waals surface area (Å²) < 4.78 is 36.3. The Kier molecular flexibility index (Phi) is 7.00. The van der Waals surface area contributed by atoms with Gasteiger partial charge in [-0.15, -0.1) is 11.3 Å². The molecule has 0 fully saturated rings. The molecule has 158 valence electrons. The highest BCUT2D eigenvalue weighted by molar-refractivity contribution is 7.79. The predicted octanol–water partition coefficient (Wildman–Crippen LogP) is 3.10. The van der Waals surface area contributed by atoms with Crippen molar-refractivity contribution in [2.24, 2.45) is 0 Å². The second-order valence-corrected chi connectivity index (χ2v) is 9.56. The van der Waals surface area contributed by atoms with Crippen molar-refractivity contribution in [3.05, 3.63) is 41.3 Å². The lowest BCUT2D eigenvalue weighted by atomic mass is 9.86. The molecule has 0 aromatic heterocycles. The van der Waals surface area contributed by atoms with Crippen molar-refractivity contribution in [1.82, 2.24) is 9.56 Å². The summed E-state index contributed by atoms with van der Waals surface area (Å²) in [6.07, 6.45) is 0. The van der Waals surface area contributed by atoms with Gasteiger partial charge in [-0.2, -0.15) is 0 Å². The van der Waals surface area contributed by atoms with Gasteiger partial charge < -0.3 is 10.3 Å². The van der Waals surface area contributed by atoms with Crippen LogP contribution in [0, 0.1) is 0 Å². The number of aromatic nitrogens is 1. The average Bonchev–Trinajstić information content (AvgIpc) is 2.58. The number of nitrogens with two attached hydrogens (primary N) is 1. The maximum absolute atomic E-state index is 8.63. The van der Waals surface area contributed by atoms with Gasteiger partial charge in [-0.1, -0.05) is 20.8 Å². The van der Waals surface area contributed by atoms with E-state index in [-0.39, 0.29) is 5.41 Å².